The topological polar surface area (TPSA) is 56.7 Å². The highest BCUT2D eigenvalue weighted by atomic mass is 16.4. The van der Waals surface area contributed by atoms with Crippen molar-refractivity contribution in [1.82, 2.24) is 14.8 Å². The van der Waals surface area contributed by atoms with Crippen LogP contribution in [0.15, 0.2) is 24.4 Å². The van der Waals surface area contributed by atoms with Gasteiger partial charge in [0.25, 0.3) is 0 Å². The van der Waals surface area contributed by atoms with E-state index in [0.717, 1.165) is 25.3 Å². The first kappa shape index (κ1) is 14.0. The molecular weight excluding hydrogens is 242 g/mol. The van der Waals surface area contributed by atoms with Crippen LogP contribution in [0, 0.1) is 0 Å². The Morgan fingerprint density at radius 2 is 2.11 bits per heavy atom. The maximum atomic E-state index is 11.5. The number of rotatable bonds is 4. The van der Waals surface area contributed by atoms with E-state index in [1.54, 1.807) is 6.20 Å². The number of aromatic nitrogens is 1. The number of hydrogen-bond acceptors (Lipinski definition) is 4. The van der Waals surface area contributed by atoms with Crippen molar-refractivity contribution in [3.05, 3.63) is 30.1 Å². The third-order valence-corrected chi connectivity index (χ3v) is 4.05. The van der Waals surface area contributed by atoms with Crippen molar-refractivity contribution in [2.45, 2.75) is 24.9 Å². The summed E-state index contributed by atoms with van der Waals surface area (Å²) in [6.07, 6.45) is 3.10. The molecule has 19 heavy (non-hydrogen) atoms. The van der Waals surface area contributed by atoms with E-state index in [2.05, 4.69) is 9.88 Å². The number of nitrogens with zero attached hydrogens (tertiary/aromatic N) is 3. The molecule has 5 heteroatoms. The fraction of sp³-hybridized carbons (Fsp3) is 0.571. The number of carbonyl (C=O) groups is 1. The second-order valence-corrected chi connectivity index (χ2v) is 5.33. The van der Waals surface area contributed by atoms with Crippen LogP contribution in [-0.2, 0) is 11.3 Å². The lowest BCUT2D eigenvalue weighted by molar-refractivity contribution is -0.153. The molecule has 2 heterocycles. The average molecular weight is 263 g/mol. The molecule has 0 atom stereocenters. The molecule has 1 aliphatic heterocycles. The molecule has 1 N–H and O–H groups in total. The largest absolute Gasteiger partial charge is 0.480 e. The Hall–Kier alpha value is -1.46. The molecule has 5 nitrogen and oxygen atoms in total. The highest BCUT2D eigenvalue weighted by Gasteiger charge is 2.43. The second-order valence-electron chi connectivity index (χ2n) is 5.33. The summed E-state index contributed by atoms with van der Waals surface area (Å²) in [4.78, 5) is 19.9. The number of carboxylic acid groups (broad SMARTS) is 1. The molecule has 0 unspecified atom stereocenters. The van der Waals surface area contributed by atoms with Gasteiger partial charge in [0.2, 0.25) is 0 Å². The predicted octanol–water partition coefficient (Wildman–Crippen LogP) is 1.06. The summed E-state index contributed by atoms with van der Waals surface area (Å²) in [5.41, 5.74) is 0.329. The van der Waals surface area contributed by atoms with Gasteiger partial charge in [-0.3, -0.25) is 19.6 Å². The average Bonchev–Trinajstić information content (AvgIpc) is 2.40. The van der Waals surface area contributed by atoms with Gasteiger partial charge in [-0.25, -0.2) is 0 Å². The van der Waals surface area contributed by atoms with Gasteiger partial charge < -0.3 is 5.11 Å². The Labute approximate surface area is 113 Å². The molecule has 0 aliphatic carbocycles. The monoisotopic (exact) mass is 263 g/mol. The van der Waals surface area contributed by atoms with Gasteiger partial charge in [0.05, 0.1) is 5.69 Å². The SMILES string of the molecule is CN(C)C1(C(=O)O)CCN(Cc2ccccn2)CC1. The zero-order valence-electron chi connectivity index (χ0n) is 11.5. The lowest BCUT2D eigenvalue weighted by atomic mass is 9.86. The summed E-state index contributed by atoms with van der Waals surface area (Å²) in [7, 11) is 3.70. The third kappa shape index (κ3) is 2.93. The first-order valence-electron chi connectivity index (χ1n) is 6.58. The Kier molecular flexibility index (Phi) is 4.17. The van der Waals surface area contributed by atoms with E-state index < -0.39 is 11.5 Å². The molecular formula is C14H21N3O2. The van der Waals surface area contributed by atoms with E-state index in [1.807, 2.05) is 37.2 Å². The molecule has 0 saturated carbocycles. The summed E-state index contributed by atoms with van der Waals surface area (Å²) in [5, 5.41) is 9.46. The first-order chi connectivity index (χ1) is 9.04. The maximum absolute atomic E-state index is 11.5. The summed E-state index contributed by atoms with van der Waals surface area (Å²) >= 11 is 0. The second kappa shape index (κ2) is 5.67. The molecule has 1 aromatic rings. The van der Waals surface area contributed by atoms with E-state index >= 15 is 0 Å². The Morgan fingerprint density at radius 3 is 2.58 bits per heavy atom. The summed E-state index contributed by atoms with van der Waals surface area (Å²) in [6, 6.07) is 5.89. The zero-order chi connectivity index (χ0) is 13.9. The Balaban J connectivity index is 1.97. The van der Waals surface area contributed by atoms with Gasteiger partial charge in [-0.2, -0.15) is 0 Å². The molecule has 1 fully saturated rings. The Bertz CT molecular complexity index is 426. The van der Waals surface area contributed by atoms with Crippen LogP contribution in [-0.4, -0.2) is 58.6 Å². The minimum absolute atomic E-state index is 0.655. The summed E-state index contributed by atoms with van der Waals surface area (Å²) in [6.45, 7) is 2.38. The highest BCUT2D eigenvalue weighted by molar-refractivity contribution is 5.78. The highest BCUT2D eigenvalue weighted by Crippen LogP contribution is 2.28. The fourth-order valence-electron chi connectivity index (χ4n) is 2.65. The molecule has 104 valence electrons. The number of aliphatic carboxylic acids is 1. The lowest BCUT2D eigenvalue weighted by Crippen LogP contribution is -2.57. The van der Waals surface area contributed by atoms with E-state index in [-0.39, 0.29) is 0 Å². The number of likely N-dealkylation sites (tertiary alicyclic amines) is 1. The van der Waals surface area contributed by atoms with E-state index in [9.17, 15) is 9.90 Å². The zero-order valence-corrected chi connectivity index (χ0v) is 11.5. The molecule has 0 bridgehead atoms. The van der Waals surface area contributed by atoms with Gasteiger partial charge in [-0.1, -0.05) is 6.07 Å². The van der Waals surface area contributed by atoms with Gasteiger partial charge in [-0.15, -0.1) is 0 Å². The smallest absolute Gasteiger partial charge is 0.324 e. The number of pyridine rings is 1. The van der Waals surface area contributed by atoms with Crippen LogP contribution in [0.5, 0.6) is 0 Å². The van der Waals surface area contributed by atoms with Crippen molar-refractivity contribution in [3.8, 4) is 0 Å². The third-order valence-electron chi connectivity index (χ3n) is 4.05. The lowest BCUT2D eigenvalue weighted by Gasteiger charge is -2.42. The molecule has 1 aromatic heterocycles. The van der Waals surface area contributed by atoms with Crippen molar-refractivity contribution in [3.63, 3.8) is 0 Å². The van der Waals surface area contributed by atoms with Crippen molar-refractivity contribution in [2.24, 2.45) is 0 Å². The van der Waals surface area contributed by atoms with Gasteiger partial charge in [0, 0.05) is 25.8 Å². The minimum atomic E-state index is -0.713. The first-order valence-corrected chi connectivity index (χ1v) is 6.58. The maximum Gasteiger partial charge on any atom is 0.324 e. The van der Waals surface area contributed by atoms with Crippen LogP contribution in [0.4, 0.5) is 0 Å². The number of carboxylic acids is 1. The minimum Gasteiger partial charge on any atom is -0.480 e. The van der Waals surface area contributed by atoms with Crippen LogP contribution in [0.2, 0.25) is 0 Å². The fourth-order valence-corrected chi connectivity index (χ4v) is 2.65. The molecule has 0 aromatic carbocycles. The Morgan fingerprint density at radius 1 is 1.42 bits per heavy atom. The van der Waals surface area contributed by atoms with Crippen molar-refractivity contribution in [2.75, 3.05) is 27.2 Å². The van der Waals surface area contributed by atoms with Crippen molar-refractivity contribution >= 4 is 5.97 Å². The van der Waals surface area contributed by atoms with E-state index in [1.165, 1.54) is 0 Å². The number of hydrogen-bond donors (Lipinski definition) is 1. The van der Waals surface area contributed by atoms with Crippen molar-refractivity contribution < 1.29 is 9.90 Å². The van der Waals surface area contributed by atoms with Crippen LogP contribution in [0.3, 0.4) is 0 Å². The molecule has 1 aliphatic rings. The van der Waals surface area contributed by atoms with Crippen LogP contribution in [0.1, 0.15) is 18.5 Å². The van der Waals surface area contributed by atoms with E-state index in [0.29, 0.717) is 12.8 Å². The van der Waals surface area contributed by atoms with Gasteiger partial charge >= 0.3 is 5.97 Å². The van der Waals surface area contributed by atoms with Crippen LogP contribution in [0.25, 0.3) is 0 Å². The molecule has 0 spiro atoms. The standard InChI is InChI=1S/C14H21N3O2/c1-16(2)14(13(18)19)6-9-17(10-7-14)11-12-5-3-4-8-15-12/h3-5,8H,6-7,9-11H2,1-2H3,(H,18,19). The van der Waals surface area contributed by atoms with Gasteiger partial charge in [-0.05, 0) is 39.1 Å². The van der Waals surface area contributed by atoms with Gasteiger partial charge in [0.15, 0.2) is 0 Å². The molecule has 1 saturated heterocycles. The number of likely N-dealkylation sites (N-methyl/N-ethyl adjacent to an activating group) is 1. The summed E-state index contributed by atoms with van der Waals surface area (Å²) < 4.78 is 0. The quantitative estimate of drug-likeness (QED) is 0.880. The van der Waals surface area contributed by atoms with Crippen LogP contribution < -0.4 is 0 Å². The normalized spacial score (nSPS) is 19.5. The van der Waals surface area contributed by atoms with Crippen LogP contribution >= 0.6 is 0 Å². The summed E-state index contributed by atoms with van der Waals surface area (Å²) in [5.74, 6) is -0.713. The number of piperidine rings is 1. The molecule has 0 amide bonds. The van der Waals surface area contributed by atoms with Crippen molar-refractivity contribution in [1.29, 1.82) is 0 Å². The van der Waals surface area contributed by atoms with Gasteiger partial charge in [0.1, 0.15) is 5.54 Å². The predicted molar refractivity (Wildman–Crippen MR) is 72.8 cm³/mol. The molecule has 2 rings (SSSR count). The van der Waals surface area contributed by atoms with E-state index in [4.69, 9.17) is 0 Å². The molecule has 0 radical (unpaired) electrons.